The molecule has 1 unspecified atom stereocenters. The highest BCUT2D eigenvalue weighted by Crippen LogP contribution is 2.29. The Morgan fingerprint density at radius 3 is 2.56 bits per heavy atom. The second-order valence-corrected chi connectivity index (χ2v) is 4.28. The van der Waals surface area contributed by atoms with E-state index in [1.807, 2.05) is 37.4 Å². The molecule has 98 valence electrons. The van der Waals surface area contributed by atoms with E-state index in [4.69, 9.17) is 4.74 Å². The lowest BCUT2D eigenvalue weighted by Gasteiger charge is -2.18. The van der Waals surface area contributed by atoms with Crippen LogP contribution in [0.25, 0.3) is 0 Å². The van der Waals surface area contributed by atoms with Crippen molar-refractivity contribution in [2.24, 2.45) is 14.1 Å². The second kappa shape index (κ2) is 4.81. The Morgan fingerprint density at radius 2 is 2.06 bits per heavy atom. The normalized spacial score (nSPS) is 12.7. The van der Waals surface area contributed by atoms with Crippen LogP contribution in [-0.2, 0) is 14.1 Å². The van der Waals surface area contributed by atoms with Gasteiger partial charge in [-0.1, -0.05) is 0 Å². The Bertz CT molecular complexity index is 543. The summed E-state index contributed by atoms with van der Waals surface area (Å²) in [5, 5.41) is 11.9. The summed E-state index contributed by atoms with van der Waals surface area (Å²) < 4.78 is 9.06. The van der Waals surface area contributed by atoms with E-state index in [0.29, 0.717) is 0 Å². The molecule has 0 saturated carbocycles. The summed E-state index contributed by atoms with van der Waals surface area (Å²) in [5.74, 6) is 0.774. The molecule has 1 atom stereocenters. The van der Waals surface area contributed by atoms with E-state index in [1.54, 1.807) is 13.3 Å². The first-order chi connectivity index (χ1) is 8.58. The first-order valence-corrected chi connectivity index (χ1v) is 5.82. The molecule has 2 rings (SSSR count). The Balaban J connectivity index is 2.51. The maximum Gasteiger partial charge on any atom is 0.161 e. The molecule has 0 aliphatic rings. The molecule has 0 spiro atoms. The van der Waals surface area contributed by atoms with Gasteiger partial charge in [0.15, 0.2) is 5.75 Å². The Morgan fingerprint density at radius 1 is 1.33 bits per heavy atom. The smallest absolute Gasteiger partial charge is 0.161 e. The summed E-state index contributed by atoms with van der Waals surface area (Å²) in [7, 11) is 7.42. The van der Waals surface area contributed by atoms with E-state index in [0.717, 1.165) is 22.8 Å². The van der Waals surface area contributed by atoms with Crippen molar-refractivity contribution >= 4 is 0 Å². The van der Waals surface area contributed by atoms with E-state index >= 15 is 0 Å². The van der Waals surface area contributed by atoms with Crippen molar-refractivity contribution in [2.75, 3.05) is 14.2 Å². The standard InChI is InChI=1S/C12H19N5O/c1-8-6-9(16(3)15-8)11(13-2)12-10(18-5)7-14-17(12)4/h6-7,11,13H,1-5H3. The highest BCUT2D eigenvalue weighted by atomic mass is 16.5. The molecule has 2 heterocycles. The largest absolute Gasteiger partial charge is 0.493 e. The van der Waals surface area contributed by atoms with Gasteiger partial charge in [0.05, 0.1) is 30.7 Å². The number of hydrogen-bond donors (Lipinski definition) is 1. The number of ether oxygens (including phenoxy) is 1. The van der Waals surface area contributed by atoms with Gasteiger partial charge < -0.3 is 10.1 Å². The third-order valence-electron chi connectivity index (χ3n) is 3.07. The highest BCUT2D eigenvalue weighted by molar-refractivity contribution is 5.34. The molecule has 0 amide bonds. The van der Waals surface area contributed by atoms with Crippen molar-refractivity contribution < 1.29 is 4.74 Å². The van der Waals surface area contributed by atoms with Crippen molar-refractivity contribution in [2.45, 2.75) is 13.0 Å². The van der Waals surface area contributed by atoms with Gasteiger partial charge in [0, 0.05) is 14.1 Å². The number of rotatable bonds is 4. The SMILES string of the molecule is CNC(c1cc(C)nn1C)c1c(OC)cnn1C. The van der Waals surface area contributed by atoms with Crippen LogP contribution in [0.2, 0.25) is 0 Å². The van der Waals surface area contributed by atoms with Gasteiger partial charge in [0.2, 0.25) is 0 Å². The maximum absolute atomic E-state index is 5.36. The summed E-state index contributed by atoms with van der Waals surface area (Å²) in [5.41, 5.74) is 3.06. The van der Waals surface area contributed by atoms with Crippen LogP contribution in [0.5, 0.6) is 5.75 Å². The van der Waals surface area contributed by atoms with Crippen LogP contribution in [-0.4, -0.2) is 33.7 Å². The van der Waals surface area contributed by atoms with Gasteiger partial charge in [-0.15, -0.1) is 0 Å². The summed E-state index contributed by atoms with van der Waals surface area (Å²) in [4.78, 5) is 0. The molecule has 18 heavy (non-hydrogen) atoms. The zero-order valence-corrected chi connectivity index (χ0v) is 11.4. The molecular weight excluding hydrogens is 230 g/mol. The van der Waals surface area contributed by atoms with Crippen LogP contribution >= 0.6 is 0 Å². The minimum absolute atomic E-state index is 0.00125. The first-order valence-electron chi connectivity index (χ1n) is 5.82. The van der Waals surface area contributed by atoms with Crippen molar-refractivity contribution in [3.8, 4) is 5.75 Å². The van der Waals surface area contributed by atoms with Gasteiger partial charge in [-0.25, -0.2) is 0 Å². The Labute approximate surface area is 107 Å². The van der Waals surface area contributed by atoms with E-state index in [-0.39, 0.29) is 6.04 Å². The summed E-state index contributed by atoms with van der Waals surface area (Å²) >= 11 is 0. The van der Waals surface area contributed by atoms with Gasteiger partial charge in [-0.05, 0) is 20.0 Å². The summed E-state index contributed by atoms with van der Waals surface area (Å²) in [6.45, 7) is 1.98. The number of aryl methyl sites for hydroxylation is 3. The third kappa shape index (κ3) is 1.99. The van der Waals surface area contributed by atoms with E-state index in [1.165, 1.54) is 0 Å². The van der Waals surface area contributed by atoms with Gasteiger partial charge in [-0.3, -0.25) is 9.36 Å². The lowest BCUT2D eigenvalue weighted by molar-refractivity contribution is 0.401. The van der Waals surface area contributed by atoms with E-state index < -0.39 is 0 Å². The fourth-order valence-corrected chi connectivity index (χ4v) is 2.24. The molecule has 2 aromatic rings. The molecule has 0 radical (unpaired) electrons. The zero-order valence-electron chi connectivity index (χ0n) is 11.4. The molecule has 2 aromatic heterocycles. The summed E-state index contributed by atoms with van der Waals surface area (Å²) in [6, 6.07) is 2.06. The fraction of sp³-hybridized carbons (Fsp3) is 0.500. The molecule has 0 fully saturated rings. The van der Waals surface area contributed by atoms with Crippen LogP contribution in [0, 0.1) is 6.92 Å². The molecule has 0 bridgehead atoms. The topological polar surface area (TPSA) is 56.9 Å². The zero-order chi connectivity index (χ0) is 13.3. The average molecular weight is 249 g/mol. The molecule has 0 aliphatic carbocycles. The minimum Gasteiger partial charge on any atom is -0.493 e. The number of hydrogen-bond acceptors (Lipinski definition) is 4. The maximum atomic E-state index is 5.36. The van der Waals surface area contributed by atoms with Gasteiger partial charge in [0.25, 0.3) is 0 Å². The minimum atomic E-state index is -0.00125. The molecular formula is C12H19N5O. The van der Waals surface area contributed by atoms with Crippen molar-refractivity contribution in [1.29, 1.82) is 0 Å². The van der Waals surface area contributed by atoms with Crippen LogP contribution in [0.3, 0.4) is 0 Å². The number of aromatic nitrogens is 4. The van der Waals surface area contributed by atoms with Crippen molar-refractivity contribution in [1.82, 2.24) is 24.9 Å². The van der Waals surface area contributed by atoms with E-state index in [9.17, 15) is 0 Å². The summed E-state index contributed by atoms with van der Waals surface area (Å²) in [6.07, 6.45) is 1.73. The average Bonchev–Trinajstić information content (AvgIpc) is 2.85. The van der Waals surface area contributed by atoms with E-state index in [2.05, 4.69) is 21.6 Å². The van der Waals surface area contributed by atoms with Crippen LogP contribution in [0.4, 0.5) is 0 Å². The predicted octanol–water partition coefficient (Wildman–Crippen LogP) is 0.779. The van der Waals surface area contributed by atoms with Crippen molar-refractivity contribution in [3.05, 3.63) is 29.3 Å². The highest BCUT2D eigenvalue weighted by Gasteiger charge is 2.23. The third-order valence-corrected chi connectivity index (χ3v) is 3.07. The first kappa shape index (κ1) is 12.6. The Kier molecular flexibility index (Phi) is 3.38. The lowest BCUT2D eigenvalue weighted by atomic mass is 10.1. The quantitative estimate of drug-likeness (QED) is 0.870. The molecule has 0 aliphatic heterocycles. The number of methoxy groups -OCH3 is 1. The van der Waals surface area contributed by atoms with Crippen molar-refractivity contribution in [3.63, 3.8) is 0 Å². The fourth-order valence-electron chi connectivity index (χ4n) is 2.24. The second-order valence-electron chi connectivity index (χ2n) is 4.28. The van der Waals surface area contributed by atoms with Gasteiger partial charge in [-0.2, -0.15) is 10.2 Å². The molecule has 6 nitrogen and oxygen atoms in total. The van der Waals surface area contributed by atoms with Crippen LogP contribution in [0.1, 0.15) is 23.1 Å². The monoisotopic (exact) mass is 249 g/mol. The molecule has 0 saturated heterocycles. The molecule has 1 N–H and O–H groups in total. The van der Waals surface area contributed by atoms with Crippen LogP contribution < -0.4 is 10.1 Å². The Hall–Kier alpha value is -1.82. The van der Waals surface area contributed by atoms with Gasteiger partial charge in [0.1, 0.15) is 5.69 Å². The molecule has 0 aromatic carbocycles. The number of nitrogens with zero attached hydrogens (tertiary/aromatic N) is 4. The van der Waals surface area contributed by atoms with Gasteiger partial charge >= 0.3 is 0 Å². The van der Waals surface area contributed by atoms with Crippen LogP contribution in [0.15, 0.2) is 12.3 Å². The molecule has 6 heteroatoms. The lowest BCUT2D eigenvalue weighted by Crippen LogP contribution is -2.23. The predicted molar refractivity (Wildman–Crippen MR) is 68.6 cm³/mol. The number of nitrogens with one attached hydrogen (secondary N) is 1.